The Labute approximate surface area is 106 Å². The fourth-order valence-corrected chi connectivity index (χ4v) is 1.90. The molecule has 6 heteroatoms. The van der Waals surface area contributed by atoms with Gasteiger partial charge in [0.15, 0.2) is 0 Å². The van der Waals surface area contributed by atoms with E-state index < -0.39 is 5.97 Å². The molecule has 0 aliphatic carbocycles. The highest BCUT2D eigenvalue weighted by Gasteiger charge is 2.27. The molecule has 18 heavy (non-hydrogen) atoms. The summed E-state index contributed by atoms with van der Waals surface area (Å²) in [5, 5.41) is 14.2. The molecule has 1 rings (SSSR count). The minimum absolute atomic E-state index is 0.0370. The van der Waals surface area contributed by atoms with Crippen LogP contribution in [0.15, 0.2) is 0 Å². The smallest absolute Gasteiger partial charge is 0.305 e. The second kappa shape index (κ2) is 6.37. The number of nitrogens with one attached hydrogen (secondary N) is 2. The number of carbonyl (C=O) groups excluding carboxylic acids is 2. The molecule has 0 saturated carbocycles. The summed E-state index contributed by atoms with van der Waals surface area (Å²) < 4.78 is 0. The Bertz CT molecular complexity index is 331. The van der Waals surface area contributed by atoms with Crippen molar-refractivity contribution in [1.29, 1.82) is 0 Å². The van der Waals surface area contributed by atoms with Gasteiger partial charge in [-0.05, 0) is 12.3 Å². The molecule has 102 valence electrons. The first-order valence-electron chi connectivity index (χ1n) is 6.19. The van der Waals surface area contributed by atoms with E-state index in [9.17, 15) is 14.4 Å². The van der Waals surface area contributed by atoms with Crippen molar-refractivity contribution in [1.82, 2.24) is 10.6 Å². The first-order valence-corrected chi connectivity index (χ1v) is 6.19. The minimum Gasteiger partial charge on any atom is -0.481 e. The van der Waals surface area contributed by atoms with Gasteiger partial charge in [0, 0.05) is 19.0 Å². The summed E-state index contributed by atoms with van der Waals surface area (Å²) in [5.74, 6) is -1.33. The van der Waals surface area contributed by atoms with Crippen molar-refractivity contribution in [3.63, 3.8) is 0 Å². The second-order valence-electron chi connectivity index (χ2n) is 5.00. The third kappa shape index (κ3) is 4.35. The third-order valence-corrected chi connectivity index (χ3v) is 3.16. The van der Waals surface area contributed by atoms with Gasteiger partial charge in [-0.3, -0.25) is 14.4 Å². The fraction of sp³-hybridized carbons (Fsp3) is 0.750. The molecule has 0 radical (unpaired) electrons. The molecule has 0 aromatic rings. The lowest BCUT2D eigenvalue weighted by atomic mass is 9.95. The lowest BCUT2D eigenvalue weighted by Gasteiger charge is -2.26. The predicted molar refractivity (Wildman–Crippen MR) is 64.8 cm³/mol. The topological polar surface area (TPSA) is 95.5 Å². The van der Waals surface area contributed by atoms with Gasteiger partial charge in [0.05, 0.1) is 12.3 Å². The van der Waals surface area contributed by atoms with Crippen LogP contribution >= 0.6 is 0 Å². The summed E-state index contributed by atoms with van der Waals surface area (Å²) in [6, 6.07) is -0.368. The number of aliphatic carboxylic acids is 1. The molecule has 0 aromatic heterocycles. The highest BCUT2D eigenvalue weighted by molar-refractivity contribution is 5.84. The molecule has 6 nitrogen and oxygen atoms in total. The summed E-state index contributed by atoms with van der Waals surface area (Å²) in [6.07, 6.45) is 0.793. The molecule has 1 aliphatic rings. The molecule has 0 aromatic carbocycles. The normalized spacial score (nSPS) is 21.3. The van der Waals surface area contributed by atoms with Gasteiger partial charge in [-0.15, -0.1) is 0 Å². The largest absolute Gasteiger partial charge is 0.481 e. The van der Waals surface area contributed by atoms with Crippen LogP contribution < -0.4 is 10.6 Å². The van der Waals surface area contributed by atoms with Crippen LogP contribution in [0.25, 0.3) is 0 Å². The molecule has 1 saturated heterocycles. The van der Waals surface area contributed by atoms with Crippen LogP contribution in [-0.4, -0.2) is 35.5 Å². The Morgan fingerprint density at radius 3 is 2.61 bits per heavy atom. The summed E-state index contributed by atoms with van der Waals surface area (Å²) in [4.78, 5) is 33.6. The maximum absolute atomic E-state index is 11.9. The molecule has 1 aliphatic heterocycles. The van der Waals surface area contributed by atoms with Crippen LogP contribution in [0, 0.1) is 11.8 Å². The Morgan fingerprint density at radius 1 is 1.50 bits per heavy atom. The monoisotopic (exact) mass is 256 g/mol. The maximum atomic E-state index is 11.9. The number of piperidine rings is 1. The van der Waals surface area contributed by atoms with E-state index in [1.54, 1.807) is 0 Å². The second-order valence-corrected chi connectivity index (χ2v) is 5.00. The van der Waals surface area contributed by atoms with Crippen LogP contribution in [0.4, 0.5) is 0 Å². The lowest BCUT2D eigenvalue weighted by molar-refractivity contribution is -0.138. The molecular formula is C12H20N2O4. The highest BCUT2D eigenvalue weighted by Crippen LogP contribution is 2.13. The zero-order valence-corrected chi connectivity index (χ0v) is 10.7. The third-order valence-electron chi connectivity index (χ3n) is 3.16. The molecular weight excluding hydrogens is 236 g/mol. The van der Waals surface area contributed by atoms with Crippen LogP contribution in [-0.2, 0) is 14.4 Å². The molecule has 2 atom stereocenters. The first kappa shape index (κ1) is 14.5. The van der Waals surface area contributed by atoms with E-state index in [0.717, 1.165) is 0 Å². The van der Waals surface area contributed by atoms with Crippen molar-refractivity contribution in [3.8, 4) is 0 Å². The molecule has 1 heterocycles. The number of carbonyl (C=O) groups is 3. The minimum atomic E-state index is -0.925. The number of carboxylic acid groups (broad SMARTS) is 1. The molecule has 3 N–H and O–H groups in total. The van der Waals surface area contributed by atoms with Gasteiger partial charge < -0.3 is 15.7 Å². The van der Waals surface area contributed by atoms with Crippen molar-refractivity contribution in [2.75, 3.05) is 6.54 Å². The summed E-state index contributed by atoms with van der Waals surface area (Å²) >= 11 is 0. The maximum Gasteiger partial charge on any atom is 0.305 e. The SMILES string of the molecule is CC(C)C(CC(=O)O)NC(=O)C1CCC(=O)NC1. The van der Waals surface area contributed by atoms with Crippen molar-refractivity contribution in [2.45, 2.75) is 39.2 Å². The Morgan fingerprint density at radius 2 is 2.17 bits per heavy atom. The van der Waals surface area contributed by atoms with Crippen molar-refractivity contribution >= 4 is 17.8 Å². The van der Waals surface area contributed by atoms with E-state index in [0.29, 0.717) is 19.4 Å². The van der Waals surface area contributed by atoms with Gasteiger partial charge in [-0.25, -0.2) is 0 Å². The van der Waals surface area contributed by atoms with Crippen molar-refractivity contribution in [3.05, 3.63) is 0 Å². The van der Waals surface area contributed by atoms with Gasteiger partial charge in [-0.1, -0.05) is 13.8 Å². The van der Waals surface area contributed by atoms with E-state index >= 15 is 0 Å². The molecule has 2 unspecified atom stereocenters. The molecule has 2 amide bonds. The zero-order chi connectivity index (χ0) is 13.7. The average molecular weight is 256 g/mol. The Kier molecular flexibility index (Phi) is 5.12. The summed E-state index contributed by atoms with van der Waals surface area (Å²) in [6.45, 7) is 4.08. The fourth-order valence-electron chi connectivity index (χ4n) is 1.90. The van der Waals surface area contributed by atoms with E-state index in [1.807, 2.05) is 13.8 Å². The van der Waals surface area contributed by atoms with Crippen molar-refractivity contribution < 1.29 is 19.5 Å². The van der Waals surface area contributed by atoms with E-state index in [-0.39, 0.29) is 36.1 Å². The predicted octanol–water partition coefficient (Wildman–Crippen LogP) is 0.128. The number of hydrogen-bond acceptors (Lipinski definition) is 3. The van der Waals surface area contributed by atoms with E-state index in [2.05, 4.69) is 10.6 Å². The van der Waals surface area contributed by atoms with Crippen LogP contribution in [0.2, 0.25) is 0 Å². The number of rotatable bonds is 5. The number of amides is 2. The van der Waals surface area contributed by atoms with Crippen LogP contribution in [0.3, 0.4) is 0 Å². The van der Waals surface area contributed by atoms with Crippen LogP contribution in [0.5, 0.6) is 0 Å². The molecule has 1 fully saturated rings. The Balaban J connectivity index is 2.50. The average Bonchev–Trinajstić information content (AvgIpc) is 2.28. The standard InChI is InChI=1S/C12H20N2O4/c1-7(2)9(5-11(16)17)14-12(18)8-3-4-10(15)13-6-8/h7-9H,3-6H2,1-2H3,(H,13,15)(H,14,18)(H,16,17). The number of carboxylic acids is 1. The van der Waals surface area contributed by atoms with Gasteiger partial charge in [0.25, 0.3) is 0 Å². The van der Waals surface area contributed by atoms with Gasteiger partial charge >= 0.3 is 5.97 Å². The molecule has 0 spiro atoms. The highest BCUT2D eigenvalue weighted by atomic mass is 16.4. The van der Waals surface area contributed by atoms with Gasteiger partial charge in [0.2, 0.25) is 11.8 Å². The van der Waals surface area contributed by atoms with E-state index in [1.165, 1.54) is 0 Å². The Hall–Kier alpha value is -1.59. The van der Waals surface area contributed by atoms with Crippen molar-refractivity contribution in [2.24, 2.45) is 11.8 Å². The number of hydrogen-bond donors (Lipinski definition) is 3. The zero-order valence-electron chi connectivity index (χ0n) is 10.7. The van der Waals surface area contributed by atoms with E-state index in [4.69, 9.17) is 5.11 Å². The summed E-state index contributed by atoms with van der Waals surface area (Å²) in [5.41, 5.74) is 0. The van der Waals surface area contributed by atoms with Gasteiger partial charge in [-0.2, -0.15) is 0 Å². The van der Waals surface area contributed by atoms with Gasteiger partial charge in [0.1, 0.15) is 0 Å². The quantitative estimate of drug-likeness (QED) is 0.651. The first-order chi connectivity index (χ1) is 8.40. The lowest BCUT2D eigenvalue weighted by Crippen LogP contribution is -2.47. The molecule has 0 bridgehead atoms. The van der Waals surface area contributed by atoms with Crippen LogP contribution in [0.1, 0.15) is 33.1 Å². The summed E-state index contributed by atoms with van der Waals surface area (Å²) in [7, 11) is 0.